The van der Waals surface area contributed by atoms with Gasteiger partial charge in [-0.05, 0) is 30.2 Å². The van der Waals surface area contributed by atoms with Crippen LogP contribution in [-0.4, -0.2) is 29.8 Å². The fourth-order valence-corrected chi connectivity index (χ4v) is 5.18. The highest BCUT2D eigenvalue weighted by Gasteiger charge is 2.27. The van der Waals surface area contributed by atoms with Crippen LogP contribution in [0.5, 0.6) is 5.75 Å². The average Bonchev–Trinajstić information content (AvgIpc) is 3.40. The molecule has 30 heavy (non-hydrogen) atoms. The van der Waals surface area contributed by atoms with E-state index in [0.717, 1.165) is 40.3 Å². The highest BCUT2D eigenvalue weighted by Crippen LogP contribution is 2.42. The maximum Gasteiger partial charge on any atom is 0.261 e. The second-order valence-electron chi connectivity index (χ2n) is 7.63. The normalized spacial score (nSPS) is 15.9. The predicted molar refractivity (Wildman–Crippen MR) is 117 cm³/mol. The third-order valence-corrected chi connectivity index (χ3v) is 6.84. The summed E-state index contributed by atoms with van der Waals surface area (Å²) < 4.78 is 5.82. The lowest BCUT2D eigenvalue weighted by atomic mass is 10.1. The first-order chi connectivity index (χ1) is 14.7. The summed E-state index contributed by atoms with van der Waals surface area (Å²) in [5.74, 6) is 0.895. The predicted octanol–water partition coefficient (Wildman–Crippen LogP) is 4.40. The standard InChI is InChI=1S/C24H22N2O3S/c27-22-11-6-12-26(22)14-19(16-7-2-1-3-8-16)25-24(28)21-13-17-15-29-20-10-5-4-9-18(20)23(17)30-21/h1-5,7-10,13,19H,6,11-12,14-15H2,(H,25,28). The Kier molecular flexibility index (Phi) is 5.01. The summed E-state index contributed by atoms with van der Waals surface area (Å²) in [6.07, 6.45) is 1.47. The molecule has 1 unspecified atom stereocenters. The first-order valence-corrected chi connectivity index (χ1v) is 11.0. The summed E-state index contributed by atoms with van der Waals surface area (Å²) in [7, 11) is 0. The number of nitrogens with zero attached hydrogens (tertiary/aromatic N) is 1. The van der Waals surface area contributed by atoms with Crippen molar-refractivity contribution >= 4 is 23.2 Å². The van der Waals surface area contributed by atoms with Crippen LogP contribution in [0.25, 0.3) is 10.4 Å². The third-order valence-electron chi connectivity index (χ3n) is 5.63. The number of carbonyl (C=O) groups is 2. The van der Waals surface area contributed by atoms with E-state index in [4.69, 9.17) is 4.74 Å². The number of fused-ring (bicyclic) bond motifs is 3. The minimum atomic E-state index is -0.247. The van der Waals surface area contributed by atoms with Crippen molar-refractivity contribution in [2.75, 3.05) is 13.1 Å². The van der Waals surface area contributed by atoms with Gasteiger partial charge in [-0.25, -0.2) is 0 Å². The molecular formula is C24H22N2O3S. The van der Waals surface area contributed by atoms with Crippen LogP contribution in [-0.2, 0) is 11.4 Å². The topological polar surface area (TPSA) is 58.6 Å². The number of thiophene rings is 1. The van der Waals surface area contributed by atoms with Crippen molar-refractivity contribution in [3.63, 3.8) is 0 Å². The molecule has 0 radical (unpaired) electrons. The average molecular weight is 419 g/mol. The van der Waals surface area contributed by atoms with Gasteiger partial charge < -0.3 is 15.0 Å². The molecule has 0 aliphatic carbocycles. The van der Waals surface area contributed by atoms with Gasteiger partial charge in [-0.15, -0.1) is 11.3 Å². The molecule has 1 N–H and O–H groups in total. The largest absolute Gasteiger partial charge is 0.488 e. The van der Waals surface area contributed by atoms with Gasteiger partial charge in [-0.1, -0.05) is 42.5 Å². The Morgan fingerprint density at radius 1 is 1.13 bits per heavy atom. The first kappa shape index (κ1) is 18.9. The Bertz CT molecular complexity index is 1090. The second kappa shape index (κ2) is 7.95. The lowest BCUT2D eigenvalue weighted by molar-refractivity contribution is -0.128. The number of ether oxygens (including phenoxy) is 1. The molecule has 1 saturated heterocycles. The minimum Gasteiger partial charge on any atom is -0.488 e. The fraction of sp³-hybridized carbons (Fsp3) is 0.250. The molecule has 1 aromatic heterocycles. The molecule has 3 heterocycles. The van der Waals surface area contributed by atoms with Crippen LogP contribution >= 0.6 is 11.3 Å². The first-order valence-electron chi connectivity index (χ1n) is 10.2. The van der Waals surface area contributed by atoms with Crippen molar-refractivity contribution in [3.05, 3.63) is 76.7 Å². The number of amides is 2. The Morgan fingerprint density at radius 3 is 2.73 bits per heavy atom. The monoisotopic (exact) mass is 418 g/mol. The number of hydrogen-bond acceptors (Lipinski definition) is 4. The molecule has 2 aliphatic rings. The molecule has 0 saturated carbocycles. The van der Waals surface area contributed by atoms with Crippen molar-refractivity contribution in [1.29, 1.82) is 0 Å². The summed E-state index contributed by atoms with van der Waals surface area (Å²) >= 11 is 1.49. The van der Waals surface area contributed by atoms with Gasteiger partial charge in [0.25, 0.3) is 5.91 Å². The third kappa shape index (κ3) is 3.59. The van der Waals surface area contributed by atoms with E-state index in [0.29, 0.717) is 24.4 Å². The van der Waals surface area contributed by atoms with Crippen LogP contribution in [0.1, 0.15) is 39.7 Å². The summed E-state index contributed by atoms with van der Waals surface area (Å²) in [5, 5.41) is 3.17. The summed E-state index contributed by atoms with van der Waals surface area (Å²) in [5.41, 5.74) is 3.07. The molecule has 0 spiro atoms. The Balaban J connectivity index is 1.40. The minimum absolute atomic E-state index is 0.118. The zero-order valence-corrected chi connectivity index (χ0v) is 17.3. The van der Waals surface area contributed by atoms with Gasteiger partial charge in [0.1, 0.15) is 12.4 Å². The highest BCUT2D eigenvalue weighted by atomic mass is 32.1. The number of benzene rings is 2. The van der Waals surface area contributed by atoms with E-state index in [-0.39, 0.29) is 17.9 Å². The van der Waals surface area contributed by atoms with Crippen LogP contribution in [0.3, 0.4) is 0 Å². The molecule has 152 valence electrons. The Morgan fingerprint density at radius 2 is 1.93 bits per heavy atom. The van der Waals surface area contributed by atoms with Crippen LogP contribution in [0, 0.1) is 0 Å². The molecule has 0 bridgehead atoms. The lowest BCUT2D eigenvalue weighted by Crippen LogP contribution is -2.38. The summed E-state index contributed by atoms with van der Waals surface area (Å²) in [4.78, 5) is 28.9. The fourth-order valence-electron chi connectivity index (χ4n) is 4.08. The highest BCUT2D eigenvalue weighted by molar-refractivity contribution is 7.17. The number of rotatable bonds is 5. The molecule has 3 aromatic rings. The van der Waals surface area contributed by atoms with Crippen LogP contribution in [0.15, 0.2) is 60.7 Å². The van der Waals surface area contributed by atoms with E-state index in [1.54, 1.807) is 0 Å². The molecule has 1 atom stereocenters. The van der Waals surface area contributed by atoms with Crippen molar-refractivity contribution in [1.82, 2.24) is 10.2 Å². The van der Waals surface area contributed by atoms with Crippen LogP contribution in [0.4, 0.5) is 0 Å². The van der Waals surface area contributed by atoms with E-state index in [9.17, 15) is 9.59 Å². The molecule has 5 nitrogen and oxygen atoms in total. The Hall–Kier alpha value is -3.12. The summed E-state index contributed by atoms with van der Waals surface area (Å²) in [6.45, 7) is 1.71. The van der Waals surface area contributed by atoms with Gasteiger partial charge in [-0.3, -0.25) is 9.59 Å². The molecule has 2 aliphatic heterocycles. The van der Waals surface area contributed by atoms with Gasteiger partial charge in [0.2, 0.25) is 5.91 Å². The van der Waals surface area contributed by atoms with Crippen molar-refractivity contribution in [2.24, 2.45) is 0 Å². The van der Waals surface area contributed by atoms with E-state index >= 15 is 0 Å². The van der Waals surface area contributed by atoms with Gasteiger partial charge >= 0.3 is 0 Å². The van der Waals surface area contributed by atoms with E-state index in [1.807, 2.05) is 65.6 Å². The number of para-hydroxylation sites is 1. The van der Waals surface area contributed by atoms with E-state index in [2.05, 4.69) is 5.32 Å². The van der Waals surface area contributed by atoms with E-state index < -0.39 is 0 Å². The zero-order valence-electron chi connectivity index (χ0n) is 16.5. The smallest absolute Gasteiger partial charge is 0.261 e. The number of likely N-dealkylation sites (tertiary alicyclic amines) is 1. The van der Waals surface area contributed by atoms with Crippen molar-refractivity contribution < 1.29 is 14.3 Å². The second-order valence-corrected chi connectivity index (χ2v) is 8.68. The van der Waals surface area contributed by atoms with Crippen molar-refractivity contribution in [3.8, 4) is 16.2 Å². The van der Waals surface area contributed by atoms with Crippen LogP contribution in [0.2, 0.25) is 0 Å². The quantitative estimate of drug-likeness (QED) is 0.668. The molecular weight excluding hydrogens is 396 g/mol. The van der Waals surface area contributed by atoms with Gasteiger partial charge in [0, 0.05) is 35.5 Å². The number of hydrogen-bond donors (Lipinski definition) is 1. The number of carbonyl (C=O) groups excluding carboxylic acids is 2. The molecule has 5 rings (SSSR count). The molecule has 1 fully saturated rings. The molecule has 2 amide bonds. The maximum absolute atomic E-state index is 13.2. The van der Waals surface area contributed by atoms with E-state index in [1.165, 1.54) is 11.3 Å². The van der Waals surface area contributed by atoms with Gasteiger partial charge in [-0.2, -0.15) is 0 Å². The van der Waals surface area contributed by atoms with Crippen molar-refractivity contribution in [2.45, 2.75) is 25.5 Å². The SMILES string of the molecule is O=C(NC(CN1CCCC1=O)c1ccccc1)c1cc2c(s1)-c1ccccc1OC2. The van der Waals surface area contributed by atoms with Crippen LogP contribution < -0.4 is 10.1 Å². The number of nitrogens with one attached hydrogen (secondary N) is 1. The molecule has 2 aromatic carbocycles. The molecule has 6 heteroatoms. The lowest BCUT2D eigenvalue weighted by Gasteiger charge is -2.25. The van der Waals surface area contributed by atoms with Gasteiger partial charge in [0.05, 0.1) is 10.9 Å². The summed E-state index contributed by atoms with van der Waals surface area (Å²) in [6, 6.07) is 19.4. The zero-order chi connectivity index (χ0) is 20.5. The Labute approximate surface area is 179 Å². The maximum atomic E-state index is 13.2. The van der Waals surface area contributed by atoms with Gasteiger partial charge in [0.15, 0.2) is 0 Å².